The highest BCUT2D eigenvalue weighted by Crippen LogP contribution is 2.59. The molecule has 2 spiro atoms. The van der Waals surface area contributed by atoms with E-state index < -0.39 is 27.0 Å². The molecule has 0 N–H and O–H groups in total. The highest BCUT2D eigenvalue weighted by atomic mass is 28.3. The van der Waals surface area contributed by atoms with Gasteiger partial charge in [-0.25, -0.2) is 0 Å². The number of benzene rings is 19. The molecule has 4 nitrogen and oxygen atoms in total. The fraction of sp³-hybridized carbons (Fsp3) is 0.0500. The summed E-state index contributed by atoms with van der Waals surface area (Å²) in [5.41, 5.74) is 36.8. The first-order valence-corrected chi connectivity index (χ1v) is 50.1. The highest BCUT2D eigenvalue weighted by molar-refractivity contribution is 7.03. The van der Waals surface area contributed by atoms with Gasteiger partial charge in [-0.15, -0.1) is 0 Å². The Hall–Kier alpha value is -15.2. The Morgan fingerprint density at radius 2 is 0.444 bits per heavy atom. The minimum atomic E-state index is -2.32. The van der Waals surface area contributed by atoms with Crippen molar-refractivity contribution < 1.29 is 0 Å². The first kappa shape index (κ1) is 74.6. The number of hydrogen-bond donors (Lipinski definition) is 0. The minimum Gasteiger partial charge on any atom is -0.311 e. The van der Waals surface area contributed by atoms with E-state index in [0.29, 0.717) is 0 Å². The van der Waals surface area contributed by atoms with Crippen molar-refractivity contribution in [3.8, 4) is 67.0 Å². The molecule has 6 heteroatoms. The van der Waals surface area contributed by atoms with Crippen LogP contribution in [0, 0.1) is 0 Å². The lowest BCUT2D eigenvalue weighted by Gasteiger charge is -2.50. The summed E-state index contributed by atoms with van der Waals surface area (Å²) in [6, 6.07) is 172. The zero-order chi connectivity index (χ0) is 84.0. The largest absolute Gasteiger partial charge is 0.311 e. The van der Waals surface area contributed by atoms with Gasteiger partial charge in [-0.05, 0) is 218 Å². The van der Waals surface area contributed by atoms with E-state index in [2.05, 4.69) is 506 Å². The molecule has 21 aromatic rings. The minimum absolute atomic E-state index is 0.499. The van der Waals surface area contributed by atoms with Crippen LogP contribution in [0.15, 0.2) is 461 Å². The molecular formula is C120H88N4Si2. The van der Waals surface area contributed by atoms with Crippen LogP contribution in [0.4, 0.5) is 34.1 Å². The van der Waals surface area contributed by atoms with Gasteiger partial charge >= 0.3 is 0 Å². The molecule has 2 unspecified atom stereocenters. The van der Waals surface area contributed by atoms with Crippen molar-refractivity contribution in [2.45, 2.75) is 37.0 Å². The zero-order valence-corrected chi connectivity index (χ0v) is 72.7. The van der Waals surface area contributed by atoms with Gasteiger partial charge in [-0.1, -0.05) is 390 Å². The Morgan fingerprint density at radius 1 is 0.190 bits per heavy atom. The Bertz CT molecular complexity index is 7770. The third kappa shape index (κ3) is 11.1. The van der Waals surface area contributed by atoms with Crippen LogP contribution in [0.3, 0.4) is 0 Å². The number of rotatable bonds is 11. The Kier molecular flexibility index (Phi) is 17.3. The van der Waals surface area contributed by atoms with Crippen molar-refractivity contribution >= 4 is 115 Å². The van der Waals surface area contributed by atoms with Gasteiger partial charge in [-0.3, -0.25) is 0 Å². The molecular weight excluding hydrogens is 1550 g/mol. The van der Waals surface area contributed by atoms with Crippen LogP contribution in [-0.4, -0.2) is 25.3 Å². The van der Waals surface area contributed by atoms with Crippen LogP contribution < -0.4 is 30.5 Å². The molecule has 4 aliphatic heterocycles. The third-order valence-electron chi connectivity index (χ3n) is 28.1. The van der Waals surface area contributed by atoms with Crippen LogP contribution in [0.25, 0.3) is 111 Å². The average molecular weight is 1640 g/mol. The van der Waals surface area contributed by atoms with Gasteiger partial charge in [0.1, 0.15) is 16.1 Å². The molecule has 0 radical (unpaired) electrons. The molecule has 2 aromatic heterocycles. The predicted octanol–water partition coefficient (Wildman–Crippen LogP) is 28.5. The van der Waals surface area contributed by atoms with Crippen molar-refractivity contribution in [2.24, 2.45) is 0 Å². The molecule has 0 amide bonds. The van der Waals surface area contributed by atoms with Crippen LogP contribution in [0.1, 0.15) is 44.5 Å². The maximum atomic E-state index is 2.57. The smallest absolute Gasteiger partial charge is 0.113 e. The third-order valence-corrected chi connectivity index (χ3v) is 35.2. The predicted molar refractivity (Wildman–Crippen MR) is 535 cm³/mol. The molecule has 596 valence electrons. The second-order valence-electron chi connectivity index (χ2n) is 35.3. The van der Waals surface area contributed by atoms with Gasteiger partial charge in [-0.2, -0.15) is 0 Å². The van der Waals surface area contributed by atoms with Gasteiger partial charge in [0, 0.05) is 55.7 Å². The first-order chi connectivity index (χ1) is 62.1. The SMILES string of the molecule is C[Si]1(C)c2ccccc2C2(c3ccccc3-n3c4ccccc4c4cccc2c43)c2cccc(-c3ccc(N(c4ccc(-c5ccccc5)cc4)c4ccc(-c5ccccc5)cc4)cc3)c21.C[Si]1(C)c2ccccc2C2(c3ccccc3-n3c4ccccc4c4cccc2c43)c2cccc(-c3ccc(N(c4ccccc4)c4ccc(-c5ccccc5)cc4)cc3)c21. The number of fused-ring (bicyclic) bond motifs is 22. The lowest BCUT2D eigenvalue weighted by molar-refractivity contribution is 0.732. The van der Waals surface area contributed by atoms with E-state index in [9.17, 15) is 0 Å². The molecule has 2 atom stereocenters. The number of nitrogens with zero attached hydrogens (tertiary/aromatic N) is 4. The quantitative estimate of drug-likeness (QED) is 0.120. The van der Waals surface area contributed by atoms with Gasteiger partial charge in [0.25, 0.3) is 0 Å². The summed E-state index contributed by atoms with van der Waals surface area (Å²) >= 11 is 0. The van der Waals surface area contributed by atoms with Crippen molar-refractivity contribution in [1.29, 1.82) is 0 Å². The summed E-state index contributed by atoms with van der Waals surface area (Å²) < 4.78 is 5.08. The number of hydrogen-bond acceptors (Lipinski definition) is 2. The summed E-state index contributed by atoms with van der Waals surface area (Å²) in [5, 5.41) is 11.2. The standard InChI is InChI=1S/C63H46N2Si.C57H42N2Si/c1-66(2)60-30-14-11-25-55(60)63(54-24-10-13-29-59(54)65-58-28-12-9-21-52(58)53-23-16-26-56(63)61(53)65)57-27-15-22-51(62(57)66)47-35-41-50(42-36-47)64(48-37-31-45(32-38-48)43-17-5-3-6-18-43)49-39-33-46(34-40-49)44-19-7-4-8-20-44;1-60(2)54-30-14-11-25-49(54)57(48-24-10-13-29-53(48)59-52-28-12-9-21-46(52)47-23-16-26-50(57)55(47)59)51-27-15-22-45(56(51)60)41-33-37-44(38-34-41)58(42-19-7-4-8-20-42)43-35-31-40(32-36-43)39-17-5-3-6-18-39/h3-42H,1-2H3;3-38H,1-2H3. The molecule has 0 aliphatic carbocycles. The summed E-state index contributed by atoms with van der Waals surface area (Å²) in [4.78, 5) is 4.75. The van der Waals surface area contributed by atoms with Gasteiger partial charge < -0.3 is 18.9 Å². The molecule has 0 saturated carbocycles. The topological polar surface area (TPSA) is 16.3 Å². The zero-order valence-electron chi connectivity index (χ0n) is 70.7. The second-order valence-corrected chi connectivity index (χ2v) is 43.9. The first-order valence-electron chi connectivity index (χ1n) is 44.1. The van der Waals surface area contributed by atoms with E-state index in [1.807, 2.05) is 0 Å². The van der Waals surface area contributed by atoms with E-state index in [4.69, 9.17) is 0 Å². The molecule has 0 saturated heterocycles. The number of para-hydroxylation sites is 7. The Balaban J connectivity index is 0.000000142. The lowest BCUT2D eigenvalue weighted by Crippen LogP contribution is -2.64. The van der Waals surface area contributed by atoms with Crippen molar-refractivity contribution in [1.82, 2.24) is 9.13 Å². The van der Waals surface area contributed by atoms with E-state index >= 15 is 0 Å². The van der Waals surface area contributed by atoms with Gasteiger partial charge in [0.2, 0.25) is 0 Å². The van der Waals surface area contributed by atoms with Gasteiger partial charge in [0.05, 0.1) is 44.3 Å². The van der Waals surface area contributed by atoms with Crippen LogP contribution >= 0.6 is 0 Å². The summed E-state index contributed by atoms with van der Waals surface area (Å²) in [5.74, 6) is 0. The summed E-state index contributed by atoms with van der Waals surface area (Å²) in [6.45, 7) is 10.3. The van der Waals surface area contributed by atoms with Crippen molar-refractivity contribution in [3.05, 3.63) is 506 Å². The molecule has 0 fully saturated rings. The normalized spacial score (nSPS) is 15.5. The summed E-state index contributed by atoms with van der Waals surface area (Å²) in [6.07, 6.45) is 0. The fourth-order valence-electron chi connectivity index (χ4n) is 22.7. The molecule has 0 bridgehead atoms. The number of anilines is 6. The van der Waals surface area contributed by atoms with E-state index in [1.54, 1.807) is 0 Å². The molecule has 19 aromatic carbocycles. The average Bonchev–Trinajstić information content (AvgIpc) is 1.19. The molecule has 6 heterocycles. The maximum Gasteiger partial charge on any atom is 0.113 e. The Morgan fingerprint density at radius 3 is 0.810 bits per heavy atom. The monoisotopic (exact) mass is 1640 g/mol. The maximum absolute atomic E-state index is 2.57. The van der Waals surface area contributed by atoms with Crippen LogP contribution in [0.2, 0.25) is 26.2 Å². The van der Waals surface area contributed by atoms with Gasteiger partial charge in [0.15, 0.2) is 0 Å². The van der Waals surface area contributed by atoms with Crippen LogP contribution in [-0.2, 0) is 10.8 Å². The van der Waals surface area contributed by atoms with Crippen LogP contribution in [0.5, 0.6) is 0 Å². The fourth-order valence-corrected chi connectivity index (χ4v) is 29.9. The van der Waals surface area contributed by atoms with E-state index in [0.717, 1.165) is 34.1 Å². The molecule has 126 heavy (non-hydrogen) atoms. The number of aromatic nitrogens is 2. The Labute approximate surface area is 737 Å². The van der Waals surface area contributed by atoms with Crippen molar-refractivity contribution in [3.63, 3.8) is 0 Å². The van der Waals surface area contributed by atoms with Crippen molar-refractivity contribution in [2.75, 3.05) is 9.80 Å². The second kappa shape index (κ2) is 29.3. The van der Waals surface area contributed by atoms with E-state index in [1.165, 1.54) is 176 Å². The lowest BCUT2D eigenvalue weighted by atomic mass is 9.62. The summed E-state index contributed by atoms with van der Waals surface area (Å²) in [7, 11) is -4.61. The van der Waals surface area contributed by atoms with E-state index in [-0.39, 0.29) is 0 Å². The molecule has 4 aliphatic rings. The molecule has 25 rings (SSSR count). The highest BCUT2D eigenvalue weighted by Gasteiger charge is 2.56.